The molecule has 1 aromatic heterocycles. The number of hydrogen-bond acceptors (Lipinski definition) is 3. The minimum absolute atomic E-state index is 0.0174. The van der Waals surface area contributed by atoms with E-state index in [1.165, 1.54) is 0 Å². The van der Waals surface area contributed by atoms with E-state index >= 15 is 0 Å². The van der Waals surface area contributed by atoms with Crippen LogP contribution in [-0.2, 0) is 0 Å². The van der Waals surface area contributed by atoms with Gasteiger partial charge in [0.2, 0.25) is 0 Å². The Morgan fingerprint density at radius 3 is 2.67 bits per heavy atom. The van der Waals surface area contributed by atoms with Gasteiger partial charge in [-0.05, 0) is 0 Å². The molecule has 0 unspecified atom stereocenters. The second-order valence-electron chi connectivity index (χ2n) is 1.33. The van der Waals surface area contributed by atoms with E-state index in [9.17, 15) is 9.59 Å². The first-order valence-electron chi connectivity index (χ1n) is 2.08. The fourth-order valence-electron chi connectivity index (χ4n) is 0.383. The lowest BCUT2D eigenvalue weighted by atomic mass is 10.7. The standard InChI is InChI=1S/C4H2ClNO3/c5-2-1-3(7)9-4(8)6-2/h1H,(H,6,8). The van der Waals surface area contributed by atoms with Crippen molar-refractivity contribution in [2.45, 2.75) is 0 Å². The number of halogens is 1. The molecule has 1 aromatic rings. The third kappa shape index (κ3) is 1.43. The van der Waals surface area contributed by atoms with Crippen LogP contribution in [0.25, 0.3) is 0 Å². The van der Waals surface area contributed by atoms with Crippen LogP contribution in [0.5, 0.6) is 0 Å². The quantitative estimate of drug-likeness (QED) is 0.561. The zero-order chi connectivity index (χ0) is 6.85. The summed E-state index contributed by atoms with van der Waals surface area (Å²) in [5, 5.41) is -0.0174. The molecule has 1 rings (SSSR count). The number of aromatic nitrogens is 1. The molecule has 0 atom stereocenters. The van der Waals surface area contributed by atoms with Gasteiger partial charge in [-0.25, -0.2) is 9.59 Å². The van der Waals surface area contributed by atoms with Crippen molar-refractivity contribution in [3.63, 3.8) is 0 Å². The minimum Gasteiger partial charge on any atom is -0.373 e. The fraction of sp³-hybridized carbons (Fsp3) is 0. The van der Waals surface area contributed by atoms with Crippen molar-refractivity contribution in [3.05, 3.63) is 32.2 Å². The molecular weight excluding hydrogens is 146 g/mol. The average Bonchev–Trinajstić information content (AvgIpc) is 1.59. The molecule has 4 nitrogen and oxygen atoms in total. The van der Waals surface area contributed by atoms with Crippen molar-refractivity contribution in [1.82, 2.24) is 4.98 Å². The highest BCUT2D eigenvalue weighted by Gasteiger charge is 1.91. The van der Waals surface area contributed by atoms with Gasteiger partial charge in [0.05, 0.1) is 6.07 Å². The van der Waals surface area contributed by atoms with Gasteiger partial charge >= 0.3 is 11.4 Å². The van der Waals surface area contributed by atoms with Crippen molar-refractivity contribution >= 4 is 11.6 Å². The first-order valence-corrected chi connectivity index (χ1v) is 2.46. The molecule has 0 aliphatic carbocycles. The largest absolute Gasteiger partial charge is 0.420 e. The topological polar surface area (TPSA) is 63.1 Å². The number of aromatic amines is 1. The second-order valence-corrected chi connectivity index (χ2v) is 1.73. The molecule has 0 fully saturated rings. The van der Waals surface area contributed by atoms with Crippen LogP contribution in [0, 0.1) is 0 Å². The van der Waals surface area contributed by atoms with E-state index in [2.05, 4.69) is 9.40 Å². The van der Waals surface area contributed by atoms with E-state index in [0.717, 1.165) is 6.07 Å². The Morgan fingerprint density at radius 2 is 2.22 bits per heavy atom. The molecule has 0 radical (unpaired) electrons. The Balaban J connectivity index is 3.52. The Hall–Kier alpha value is -1.03. The van der Waals surface area contributed by atoms with Gasteiger partial charge in [0.25, 0.3) is 0 Å². The smallest absolute Gasteiger partial charge is 0.373 e. The molecular formula is C4H2ClNO3. The summed E-state index contributed by atoms with van der Waals surface area (Å²) in [6, 6.07) is 0.975. The molecule has 9 heavy (non-hydrogen) atoms. The number of hydrogen-bond donors (Lipinski definition) is 1. The van der Waals surface area contributed by atoms with E-state index in [-0.39, 0.29) is 5.15 Å². The highest BCUT2D eigenvalue weighted by atomic mass is 35.5. The zero-order valence-corrected chi connectivity index (χ0v) is 4.94. The summed E-state index contributed by atoms with van der Waals surface area (Å²) in [5.74, 6) is -0.840. The average molecular weight is 148 g/mol. The third-order valence-electron chi connectivity index (χ3n) is 0.659. The lowest BCUT2D eigenvalue weighted by Gasteiger charge is -1.81. The molecule has 48 valence electrons. The van der Waals surface area contributed by atoms with E-state index in [0.29, 0.717) is 0 Å². The summed E-state index contributed by atoms with van der Waals surface area (Å²) < 4.78 is 4.01. The molecule has 0 saturated heterocycles. The molecule has 0 aliphatic heterocycles. The SMILES string of the molecule is O=c1cc(Cl)[nH]c(=O)o1. The predicted octanol–water partition coefficient (Wildman–Crippen LogP) is -0.0185. The number of H-pyrrole nitrogens is 1. The van der Waals surface area contributed by atoms with Crippen molar-refractivity contribution in [2.24, 2.45) is 0 Å². The molecule has 1 N–H and O–H groups in total. The molecule has 0 aliphatic rings. The van der Waals surface area contributed by atoms with Gasteiger partial charge in [0.15, 0.2) is 0 Å². The lowest BCUT2D eigenvalue weighted by Crippen LogP contribution is -2.12. The van der Waals surface area contributed by atoms with E-state index in [1.807, 2.05) is 0 Å². The van der Waals surface area contributed by atoms with Gasteiger partial charge in [-0.1, -0.05) is 11.6 Å². The molecule has 0 spiro atoms. The van der Waals surface area contributed by atoms with E-state index < -0.39 is 11.4 Å². The second kappa shape index (κ2) is 2.06. The summed E-state index contributed by atoms with van der Waals surface area (Å²) in [5.41, 5.74) is -0.747. The van der Waals surface area contributed by atoms with Crippen LogP contribution in [-0.4, -0.2) is 4.98 Å². The van der Waals surface area contributed by atoms with Crippen LogP contribution in [0.1, 0.15) is 0 Å². The molecule has 5 heteroatoms. The van der Waals surface area contributed by atoms with E-state index in [1.54, 1.807) is 0 Å². The van der Waals surface area contributed by atoms with Gasteiger partial charge in [-0.3, -0.25) is 4.98 Å². The molecule has 0 saturated carbocycles. The van der Waals surface area contributed by atoms with Gasteiger partial charge in [0, 0.05) is 0 Å². The van der Waals surface area contributed by atoms with Gasteiger partial charge in [0.1, 0.15) is 5.15 Å². The van der Waals surface area contributed by atoms with Crippen molar-refractivity contribution in [2.75, 3.05) is 0 Å². The summed E-state index contributed by atoms with van der Waals surface area (Å²) >= 11 is 5.23. The monoisotopic (exact) mass is 147 g/mol. The van der Waals surface area contributed by atoms with E-state index in [4.69, 9.17) is 11.6 Å². The Bertz CT molecular complexity index is 284. The zero-order valence-electron chi connectivity index (χ0n) is 4.18. The first-order chi connectivity index (χ1) is 4.18. The van der Waals surface area contributed by atoms with Gasteiger partial charge in [-0.2, -0.15) is 0 Å². The Morgan fingerprint density at radius 1 is 1.56 bits per heavy atom. The van der Waals surface area contributed by atoms with Crippen LogP contribution in [0.3, 0.4) is 0 Å². The van der Waals surface area contributed by atoms with Crippen LogP contribution >= 0.6 is 11.6 Å². The van der Waals surface area contributed by atoms with Crippen LogP contribution in [0.4, 0.5) is 0 Å². The molecule has 0 aromatic carbocycles. The fourth-order valence-corrected chi connectivity index (χ4v) is 0.550. The number of rotatable bonds is 0. The Kier molecular flexibility index (Phi) is 1.40. The van der Waals surface area contributed by atoms with Crippen molar-refractivity contribution < 1.29 is 4.42 Å². The Labute approximate surface area is 54.1 Å². The minimum atomic E-state index is -0.840. The van der Waals surface area contributed by atoms with Crippen molar-refractivity contribution in [1.29, 1.82) is 0 Å². The lowest BCUT2D eigenvalue weighted by molar-refractivity contribution is 0.449. The summed E-state index contributed by atoms with van der Waals surface area (Å²) in [6.07, 6.45) is 0. The number of nitrogens with one attached hydrogen (secondary N) is 1. The maximum atomic E-state index is 10.2. The van der Waals surface area contributed by atoms with Crippen LogP contribution < -0.4 is 11.4 Å². The highest BCUT2D eigenvalue weighted by Crippen LogP contribution is 1.92. The maximum Gasteiger partial charge on any atom is 0.420 e. The molecule has 1 heterocycles. The molecule has 0 amide bonds. The molecule has 0 bridgehead atoms. The normalized spacial score (nSPS) is 9.44. The summed E-state index contributed by atoms with van der Waals surface area (Å²) in [7, 11) is 0. The third-order valence-corrected chi connectivity index (χ3v) is 0.863. The first kappa shape index (κ1) is 6.10. The highest BCUT2D eigenvalue weighted by molar-refractivity contribution is 6.29. The summed E-state index contributed by atoms with van der Waals surface area (Å²) in [6.45, 7) is 0. The van der Waals surface area contributed by atoms with Crippen LogP contribution in [0.15, 0.2) is 20.1 Å². The maximum absolute atomic E-state index is 10.2. The predicted molar refractivity (Wildman–Crippen MR) is 30.6 cm³/mol. The van der Waals surface area contributed by atoms with Crippen molar-refractivity contribution in [3.8, 4) is 0 Å². The van der Waals surface area contributed by atoms with Gasteiger partial charge in [-0.15, -0.1) is 0 Å². The summed E-state index contributed by atoms with van der Waals surface area (Å²) in [4.78, 5) is 22.5. The van der Waals surface area contributed by atoms with Crippen LogP contribution in [0.2, 0.25) is 5.15 Å². The van der Waals surface area contributed by atoms with Gasteiger partial charge < -0.3 is 4.42 Å².